The maximum atomic E-state index is 13.3. The van der Waals surface area contributed by atoms with Crippen LogP contribution in [0.2, 0.25) is 0 Å². The molecular formula is C13H15FN2OS. The molecule has 3 rings (SSSR count). The molecule has 1 aromatic carbocycles. The summed E-state index contributed by atoms with van der Waals surface area (Å²) >= 11 is 5.32. The molecule has 3 nitrogen and oxygen atoms in total. The Bertz CT molecular complexity index is 627. The van der Waals surface area contributed by atoms with E-state index in [4.69, 9.17) is 17.0 Å². The summed E-state index contributed by atoms with van der Waals surface area (Å²) in [5.41, 5.74) is 1.74. The summed E-state index contributed by atoms with van der Waals surface area (Å²) in [4.78, 5) is 3.12. The third-order valence-electron chi connectivity index (χ3n) is 3.52. The van der Waals surface area contributed by atoms with Crippen molar-refractivity contribution < 1.29 is 9.13 Å². The number of rotatable bonds is 3. The van der Waals surface area contributed by atoms with E-state index >= 15 is 0 Å². The predicted molar refractivity (Wildman–Crippen MR) is 70.8 cm³/mol. The molecule has 1 saturated carbocycles. The maximum absolute atomic E-state index is 13.3. The quantitative estimate of drug-likeness (QED) is 0.861. The molecule has 18 heavy (non-hydrogen) atoms. The van der Waals surface area contributed by atoms with Crippen LogP contribution < -0.4 is 0 Å². The zero-order chi connectivity index (χ0) is 12.7. The van der Waals surface area contributed by atoms with Crippen molar-refractivity contribution in [2.24, 2.45) is 0 Å². The molecule has 0 atom stereocenters. The number of ether oxygens (including phenoxy) is 1. The lowest BCUT2D eigenvalue weighted by molar-refractivity contribution is -0.0190. The first-order valence-corrected chi connectivity index (χ1v) is 6.61. The first-order chi connectivity index (χ1) is 8.69. The van der Waals surface area contributed by atoms with Crippen LogP contribution >= 0.6 is 12.2 Å². The summed E-state index contributed by atoms with van der Waals surface area (Å²) in [5, 5.41) is 0. The molecule has 1 aliphatic carbocycles. The van der Waals surface area contributed by atoms with E-state index in [2.05, 4.69) is 4.98 Å². The minimum Gasteiger partial charge on any atom is -0.378 e. The number of benzene rings is 1. The molecular weight excluding hydrogens is 251 g/mol. The van der Waals surface area contributed by atoms with Gasteiger partial charge in [-0.2, -0.15) is 0 Å². The summed E-state index contributed by atoms with van der Waals surface area (Å²) in [6, 6.07) is 5.04. The number of hydrogen-bond acceptors (Lipinski definition) is 2. The number of halogens is 1. The zero-order valence-electron chi connectivity index (χ0n) is 10.1. The number of nitrogens with one attached hydrogen (secondary N) is 1. The van der Waals surface area contributed by atoms with Crippen molar-refractivity contribution >= 4 is 23.3 Å². The van der Waals surface area contributed by atoms with E-state index in [9.17, 15) is 4.39 Å². The molecule has 0 aliphatic heterocycles. The molecule has 1 aromatic heterocycles. The van der Waals surface area contributed by atoms with Crippen molar-refractivity contribution in [3.63, 3.8) is 0 Å². The van der Waals surface area contributed by atoms with Crippen molar-refractivity contribution in [1.82, 2.24) is 9.55 Å². The highest BCUT2D eigenvalue weighted by Gasteiger charge is 2.32. The van der Waals surface area contributed by atoms with E-state index in [0.717, 1.165) is 30.5 Å². The molecule has 0 radical (unpaired) electrons. The van der Waals surface area contributed by atoms with Gasteiger partial charge >= 0.3 is 0 Å². The molecule has 1 fully saturated rings. The molecule has 5 heteroatoms. The Hall–Kier alpha value is -1.20. The van der Waals surface area contributed by atoms with Crippen molar-refractivity contribution in [1.29, 1.82) is 0 Å². The van der Waals surface area contributed by atoms with E-state index in [-0.39, 0.29) is 5.82 Å². The second-order valence-electron chi connectivity index (χ2n) is 4.66. The molecule has 0 amide bonds. The number of imidazole rings is 1. The first kappa shape index (κ1) is 11.9. The van der Waals surface area contributed by atoms with Crippen molar-refractivity contribution in [2.45, 2.75) is 31.9 Å². The minimum absolute atomic E-state index is 0.231. The van der Waals surface area contributed by atoms with Crippen LogP contribution in [0.25, 0.3) is 11.0 Å². The number of fused-ring (bicyclic) bond motifs is 1. The maximum Gasteiger partial charge on any atom is 0.178 e. The molecule has 2 aromatic rings. The number of aromatic amines is 1. The highest BCUT2D eigenvalue weighted by atomic mass is 32.1. The lowest BCUT2D eigenvalue weighted by Crippen LogP contribution is -2.33. The number of hydrogen-bond donors (Lipinski definition) is 1. The van der Waals surface area contributed by atoms with Gasteiger partial charge < -0.3 is 14.3 Å². The zero-order valence-corrected chi connectivity index (χ0v) is 11.0. The van der Waals surface area contributed by atoms with Crippen LogP contribution in [0.15, 0.2) is 18.2 Å². The summed E-state index contributed by atoms with van der Waals surface area (Å²) in [5.74, 6) is -0.231. The van der Waals surface area contributed by atoms with E-state index < -0.39 is 0 Å². The SMILES string of the molecule is CCOC1CC(n2c(=S)[nH]c3ccc(F)cc32)C1. The van der Waals surface area contributed by atoms with Crippen LogP contribution in [0.3, 0.4) is 0 Å². The molecule has 1 aliphatic rings. The summed E-state index contributed by atoms with van der Waals surface area (Å²) in [7, 11) is 0. The van der Waals surface area contributed by atoms with E-state index in [0.29, 0.717) is 16.9 Å². The van der Waals surface area contributed by atoms with Crippen molar-refractivity contribution in [3.8, 4) is 0 Å². The van der Waals surface area contributed by atoms with Gasteiger partial charge in [0, 0.05) is 12.6 Å². The third-order valence-corrected chi connectivity index (χ3v) is 3.82. The Balaban J connectivity index is 1.95. The van der Waals surface area contributed by atoms with Gasteiger partial charge in [-0.05, 0) is 50.2 Å². The number of H-pyrrole nitrogens is 1. The van der Waals surface area contributed by atoms with Gasteiger partial charge in [-0.1, -0.05) is 0 Å². The van der Waals surface area contributed by atoms with Crippen molar-refractivity contribution in [3.05, 3.63) is 28.8 Å². The Kier molecular flexibility index (Phi) is 2.95. The summed E-state index contributed by atoms with van der Waals surface area (Å²) in [6.45, 7) is 2.74. The fourth-order valence-corrected chi connectivity index (χ4v) is 2.94. The van der Waals surface area contributed by atoms with Gasteiger partial charge in [0.05, 0.1) is 17.1 Å². The van der Waals surface area contributed by atoms with E-state index in [1.807, 2.05) is 11.5 Å². The fourth-order valence-electron chi connectivity index (χ4n) is 2.58. The van der Waals surface area contributed by atoms with Gasteiger partial charge in [-0.15, -0.1) is 0 Å². The van der Waals surface area contributed by atoms with Gasteiger partial charge in [0.15, 0.2) is 4.77 Å². The molecule has 1 N–H and O–H groups in total. The minimum atomic E-state index is -0.231. The standard InChI is InChI=1S/C13H15FN2OS/c1-2-17-10-6-9(7-10)16-12-5-8(14)3-4-11(12)15-13(16)18/h3-5,9-10H,2,6-7H2,1H3,(H,15,18). The fraction of sp³-hybridized carbons (Fsp3) is 0.462. The third kappa shape index (κ3) is 1.87. The highest BCUT2D eigenvalue weighted by molar-refractivity contribution is 7.71. The number of aromatic nitrogens is 2. The topological polar surface area (TPSA) is 29.9 Å². The lowest BCUT2D eigenvalue weighted by atomic mass is 9.89. The average Bonchev–Trinajstić information content (AvgIpc) is 2.59. The Morgan fingerprint density at radius 2 is 2.28 bits per heavy atom. The Morgan fingerprint density at radius 1 is 1.50 bits per heavy atom. The van der Waals surface area contributed by atoms with Gasteiger partial charge in [-0.3, -0.25) is 0 Å². The molecule has 0 saturated heterocycles. The predicted octanol–water partition coefficient (Wildman–Crippen LogP) is 3.58. The van der Waals surface area contributed by atoms with Gasteiger partial charge in [-0.25, -0.2) is 4.39 Å². The normalized spacial score (nSPS) is 23.2. The van der Waals surface area contributed by atoms with Gasteiger partial charge in [0.1, 0.15) is 5.82 Å². The van der Waals surface area contributed by atoms with Crippen LogP contribution in [0.5, 0.6) is 0 Å². The van der Waals surface area contributed by atoms with Crippen molar-refractivity contribution in [2.75, 3.05) is 6.61 Å². The monoisotopic (exact) mass is 266 g/mol. The number of nitrogens with zero attached hydrogens (tertiary/aromatic N) is 1. The second kappa shape index (κ2) is 4.48. The smallest absolute Gasteiger partial charge is 0.178 e. The highest BCUT2D eigenvalue weighted by Crippen LogP contribution is 2.37. The largest absolute Gasteiger partial charge is 0.378 e. The van der Waals surface area contributed by atoms with Crippen LogP contribution in [-0.4, -0.2) is 22.3 Å². The second-order valence-corrected chi connectivity index (χ2v) is 5.05. The van der Waals surface area contributed by atoms with E-state index in [1.54, 1.807) is 6.07 Å². The molecule has 0 unspecified atom stereocenters. The van der Waals surface area contributed by atoms with Crippen LogP contribution in [0.4, 0.5) is 4.39 Å². The average molecular weight is 266 g/mol. The molecule has 0 bridgehead atoms. The lowest BCUT2D eigenvalue weighted by Gasteiger charge is -2.36. The van der Waals surface area contributed by atoms with Crippen LogP contribution in [-0.2, 0) is 4.74 Å². The van der Waals surface area contributed by atoms with Gasteiger partial charge in [0.2, 0.25) is 0 Å². The molecule has 96 valence electrons. The van der Waals surface area contributed by atoms with Crippen LogP contribution in [0, 0.1) is 10.6 Å². The van der Waals surface area contributed by atoms with E-state index in [1.165, 1.54) is 12.1 Å². The van der Waals surface area contributed by atoms with Crippen LogP contribution in [0.1, 0.15) is 25.8 Å². The summed E-state index contributed by atoms with van der Waals surface area (Å²) < 4.78 is 21.6. The molecule has 1 heterocycles. The Labute approximate surface area is 110 Å². The Morgan fingerprint density at radius 3 is 3.00 bits per heavy atom. The first-order valence-electron chi connectivity index (χ1n) is 6.20. The summed E-state index contributed by atoms with van der Waals surface area (Å²) in [6.07, 6.45) is 2.22. The molecule has 0 spiro atoms. The van der Waals surface area contributed by atoms with Gasteiger partial charge in [0.25, 0.3) is 0 Å².